The number of piperidine rings is 1. The van der Waals surface area contributed by atoms with E-state index in [1.54, 1.807) is 0 Å². The zero-order valence-corrected chi connectivity index (χ0v) is 13.3. The Hall–Kier alpha value is 0.130. The highest BCUT2D eigenvalue weighted by atomic mass is 35.5. The van der Waals surface area contributed by atoms with Crippen LogP contribution in [-0.2, 0) is 14.2 Å². The molecule has 1 N–H and O–H groups in total. The Morgan fingerprint density at radius 1 is 0.800 bits per heavy atom. The smallest absolute Gasteiger partial charge is 0.0704 e. The second kappa shape index (κ2) is 14.1. The van der Waals surface area contributed by atoms with E-state index in [9.17, 15) is 0 Å². The van der Waals surface area contributed by atoms with E-state index >= 15 is 0 Å². The number of hydrogen-bond acceptors (Lipinski definition) is 4. The van der Waals surface area contributed by atoms with Crippen molar-refractivity contribution in [3.8, 4) is 0 Å². The van der Waals surface area contributed by atoms with Crippen molar-refractivity contribution in [1.82, 2.24) is 5.32 Å². The molecule has 0 atom stereocenters. The van der Waals surface area contributed by atoms with Gasteiger partial charge in [0.05, 0.1) is 32.5 Å². The molecule has 1 rings (SSSR count). The highest BCUT2D eigenvalue weighted by molar-refractivity contribution is 6.17. The normalized spacial score (nSPS) is 16.6. The van der Waals surface area contributed by atoms with Crippen LogP contribution in [0.25, 0.3) is 0 Å². The van der Waals surface area contributed by atoms with E-state index in [0.717, 1.165) is 51.3 Å². The summed E-state index contributed by atoms with van der Waals surface area (Å²) in [6, 6.07) is 0. The monoisotopic (exact) mass is 307 g/mol. The fourth-order valence-corrected chi connectivity index (χ4v) is 2.40. The quantitative estimate of drug-likeness (QED) is 0.419. The van der Waals surface area contributed by atoms with Gasteiger partial charge in [0, 0.05) is 12.5 Å². The molecule has 1 aliphatic rings. The summed E-state index contributed by atoms with van der Waals surface area (Å²) in [6.45, 7) is 5.69. The Morgan fingerprint density at radius 3 is 2.20 bits per heavy atom. The predicted molar refractivity (Wildman–Crippen MR) is 82.7 cm³/mol. The summed E-state index contributed by atoms with van der Waals surface area (Å²) in [6.07, 6.45) is 7.30. The maximum Gasteiger partial charge on any atom is 0.0704 e. The van der Waals surface area contributed by atoms with Gasteiger partial charge < -0.3 is 19.5 Å². The van der Waals surface area contributed by atoms with E-state index in [1.807, 2.05) is 0 Å². The van der Waals surface area contributed by atoms with Gasteiger partial charge in [-0.05, 0) is 38.8 Å². The van der Waals surface area contributed by atoms with Gasteiger partial charge in [-0.2, -0.15) is 0 Å². The molecule has 1 aliphatic heterocycles. The van der Waals surface area contributed by atoms with Gasteiger partial charge in [-0.15, -0.1) is 11.6 Å². The summed E-state index contributed by atoms with van der Waals surface area (Å²) in [5, 5.41) is 3.33. The number of rotatable bonds is 13. The first-order valence-electron chi connectivity index (χ1n) is 7.97. The highest BCUT2D eigenvalue weighted by Gasteiger charge is 2.12. The Morgan fingerprint density at radius 2 is 1.45 bits per heavy atom. The second-order valence-electron chi connectivity index (χ2n) is 5.15. The topological polar surface area (TPSA) is 39.7 Å². The minimum atomic E-state index is 0.420. The molecule has 1 saturated heterocycles. The summed E-state index contributed by atoms with van der Waals surface area (Å²) >= 11 is 5.61. The first kappa shape index (κ1) is 18.2. The summed E-state index contributed by atoms with van der Waals surface area (Å²) in [5.74, 6) is 0.772. The van der Waals surface area contributed by atoms with Crippen molar-refractivity contribution in [2.75, 3.05) is 52.0 Å². The fraction of sp³-hybridized carbons (Fsp3) is 1.00. The SMILES string of the molecule is ClCCCCCCOCCOCCOC1CCNCC1. The Kier molecular flexibility index (Phi) is 12.8. The summed E-state index contributed by atoms with van der Waals surface area (Å²) in [4.78, 5) is 0. The molecule has 0 unspecified atom stereocenters. The maximum absolute atomic E-state index is 5.75. The van der Waals surface area contributed by atoms with Gasteiger partial charge in [0.25, 0.3) is 0 Å². The van der Waals surface area contributed by atoms with E-state index in [1.165, 1.54) is 12.8 Å². The zero-order chi connectivity index (χ0) is 14.3. The van der Waals surface area contributed by atoms with Crippen molar-refractivity contribution in [1.29, 1.82) is 0 Å². The molecule has 0 saturated carbocycles. The molecule has 4 nitrogen and oxygen atoms in total. The van der Waals surface area contributed by atoms with Crippen LogP contribution in [0.4, 0.5) is 0 Å². The average Bonchev–Trinajstić information content (AvgIpc) is 2.49. The van der Waals surface area contributed by atoms with Crippen LogP contribution < -0.4 is 5.32 Å². The molecule has 0 aliphatic carbocycles. The van der Waals surface area contributed by atoms with E-state index in [4.69, 9.17) is 25.8 Å². The van der Waals surface area contributed by atoms with Crippen LogP contribution in [0, 0.1) is 0 Å². The Labute approximate surface area is 128 Å². The van der Waals surface area contributed by atoms with Gasteiger partial charge in [0.1, 0.15) is 0 Å². The van der Waals surface area contributed by atoms with Crippen molar-refractivity contribution in [2.45, 2.75) is 44.6 Å². The van der Waals surface area contributed by atoms with Gasteiger partial charge in [0.2, 0.25) is 0 Å². The fourth-order valence-electron chi connectivity index (χ4n) is 2.21. The van der Waals surface area contributed by atoms with Crippen LogP contribution in [0.3, 0.4) is 0 Å². The van der Waals surface area contributed by atoms with Gasteiger partial charge in [-0.25, -0.2) is 0 Å². The highest BCUT2D eigenvalue weighted by Crippen LogP contribution is 2.06. The Bertz CT molecular complexity index is 202. The number of hydrogen-bond donors (Lipinski definition) is 1. The van der Waals surface area contributed by atoms with Crippen LogP contribution in [-0.4, -0.2) is 58.1 Å². The number of unbranched alkanes of at least 4 members (excludes halogenated alkanes) is 3. The lowest BCUT2D eigenvalue weighted by atomic mass is 10.1. The zero-order valence-electron chi connectivity index (χ0n) is 12.6. The van der Waals surface area contributed by atoms with Crippen LogP contribution in [0.15, 0.2) is 0 Å². The van der Waals surface area contributed by atoms with Crippen molar-refractivity contribution in [3.05, 3.63) is 0 Å². The number of halogens is 1. The molecule has 20 heavy (non-hydrogen) atoms. The molecule has 0 spiro atoms. The van der Waals surface area contributed by atoms with Crippen molar-refractivity contribution in [2.24, 2.45) is 0 Å². The molecule has 0 amide bonds. The minimum absolute atomic E-state index is 0.420. The third-order valence-electron chi connectivity index (χ3n) is 3.41. The third kappa shape index (κ3) is 10.9. The molecule has 0 aromatic rings. The van der Waals surface area contributed by atoms with Crippen LogP contribution in [0.2, 0.25) is 0 Å². The lowest BCUT2D eigenvalue weighted by molar-refractivity contribution is -0.0199. The lowest BCUT2D eigenvalue weighted by Gasteiger charge is -2.22. The predicted octanol–water partition coefficient (Wildman–Crippen LogP) is 2.59. The van der Waals surface area contributed by atoms with E-state index in [2.05, 4.69) is 5.32 Å². The molecular weight excluding hydrogens is 278 g/mol. The maximum atomic E-state index is 5.75. The second-order valence-corrected chi connectivity index (χ2v) is 5.53. The first-order chi connectivity index (χ1) is 9.93. The molecule has 1 heterocycles. The third-order valence-corrected chi connectivity index (χ3v) is 3.68. The van der Waals surface area contributed by atoms with Crippen molar-refractivity contribution in [3.63, 3.8) is 0 Å². The van der Waals surface area contributed by atoms with Crippen LogP contribution in [0.1, 0.15) is 38.5 Å². The van der Waals surface area contributed by atoms with E-state index in [-0.39, 0.29) is 0 Å². The number of nitrogens with one attached hydrogen (secondary N) is 1. The van der Waals surface area contributed by atoms with Crippen molar-refractivity contribution < 1.29 is 14.2 Å². The average molecular weight is 308 g/mol. The molecule has 5 heteroatoms. The van der Waals surface area contributed by atoms with Gasteiger partial charge >= 0.3 is 0 Å². The van der Waals surface area contributed by atoms with Crippen molar-refractivity contribution >= 4 is 11.6 Å². The molecular formula is C15H30ClNO3. The van der Waals surface area contributed by atoms with Crippen LogP contribution >= 0.6 is 11.6 Å². The standard InChI is InChI=1S/C15H30ClNO3/c16-7-3-1-2-4-10-18-11-12-19-13-14-20-15-5-8-17-9-6-15/h15,17H,1-14H2. The van der Waals surface area contributed by atoms with Crippen LogP contribution in [0.5, 0.6) is 0 Å². The molecule has 120 valence electrons. The molecule has 0 aromatic carbocycles. The van der Waals surface area contributed by atoms with E-state index in [0.29, 0.717) is 32.5 Å². The molecule has 1 fully saturated rings. The summed E-state index contributed by atoms with van der Waals surface area (Å²) in [5.41, 5.74) is 0. The van der Waals surface area contributed by atoms with Gasteiger partial charge in [-0.1, -0.05) is 12.8 Å². The first-order valence-corrected chi connectivity index (χ1v) is 8.50. The number of alkyl halides is 1. The molecule has 0 bridgehead atoms. The largest absolute Gasteiger partial charge is 0.379 e. The number of ether oxygens (including phenoxy) is 3. The minimum Gasteiger partial charge on any atom is -0.379 e. The molecule has 0 radical (unpaired) electrons. The van der Waals surface area contributed by atoms with E-state index < -0.39 is 0 Å². The van der Waals surface area contributed by atoms with Gasteiger partial charge in [-0.3, -0.25) is 0 Å². The molecule has 0 aromatic heterocycles. The summed E-state index contributed by atoms with van der Waals surface area (Å²) in [7, 11) is 0. The Balaban J connectivity index is 1.70. The summed E-state index contributed by atoms with van der Waals surface area (Å²) < 4.78 is 16.7. The van der Waals surface area contributed by atoms with Gasteiger partial charge in [0.15, 0.2) is 0 Å². The lowest BCUT2D eigenvalue weighted by Crippen LogP contribution is -2.33.